The molecule has 0 bridgehead atoms. The van der Waals surface area contributed by atoms with Crippen LogP contribution in [0.1, 0.15) is 11.5 Å². The van der Waals surface area contributed by atoms with Crippen LogP contribution < -0.4 is 4.74 Å². The van der Waals surface area contributed by atoms with Crippen LogP contribution in [0.15, 0.2) is 51.9 Å². The second-order valence-electron chi connectivity index (χ2n) is 6.21. The van der Waals surface area contributed by atoms with Gasteiger partial charge in [-0.05, 0) is 25.1 Å². The smallest absolute Gasteiger partial charge is 0.273 e. The van der Waals surface area contributed by atoms with Crippen LogP contribution in [0.2, 0.25) is 0 Å². The molecule has 0 N–H and O–H groups in total. The Balaban J connectivity index is 1.83. The van der Waals surface area contributed by atoms with Crippen LogP contribution in [0.25, 0.3) is 11.4 Å². The monoisotopic (exact) mass is 418 g/mol. The fourth-order valence-corrected chi connectivity index (χ4v) is 3.74. The van der Waals surface area contributed by atoms with Gasteiger partial charge in [-0.15, -0.1) is 0 Å². The molecule has 0 unspecified atom stereocenters. The molecule has 10 nitrogen and oxygen atoms in total. The van der Waals surface area contributed by atoms with Gasteiger partial charge < -0.3 is 9.26 Å². The average Bonchev–Trinajstić information content (AvgIpc) is 3.16. The highest BCUT2D eigenvalue weighted by Gasteiger charge is 2.26. The number of rotatable bonds is 7. The van der Waals surface area contributed by atoms with Gasteiger partial charge in [-0.25, -0.2) is 8.42 Å². The molecule has 152 valence electrons. The fraction of sp³-hybridized carbons (Fsp3) is 0.222. The van der Waals surface area contributed by atoms with Crippen molar-refractivity contribution in [3.63, 3.8) is 0 Å². The number of hydrogen-bond acceptors (Lipinski definition) is 8. The van der Waals surface area contributed by atoms with Gasteiger partial charge in [-0.2, -0.15) is 9.29 Å². The van der Waals surface area contributed by atoms with Crippen LogP contribution in [0.5, 0.6) is 5.75 Å². The number of benzene rings is 2. The van der Waals surface area contributed by atoms with E-state index >= 15 is 0 Å². The van der Waals surface area contributed by atoms with Crippen molar-refractivity contribution in [2.24, 2.45) is 0 Å². The number of aryl methyl sites for hydroxylation is 1. The summed E-state index contributed by atoms with van der Waals surface area (Å²) in [5, 5.41) is 15.0. The summed E-state index contributed by atoms with van der Waals surface area (Å²) in [5.74, 6) is 0.987. The topological polar surface area (TPSA) is 129 Å². The van der Waals surface area contributed by atoms with E-state index in [0.29, 0.717) is 16.9 Å². The molecule has 1 aromatic heterocycles. The zero-order chi connectivity index (χ0) is 21.2. The molecule has 0 aliphatic carbocycles. The lowest BCUT2D eigenvalue weighted by atomic mass is 10.2. The van der Waals surface area contributed by atoms with Gasteiger partial charge >= 0.3 is 0 Å². The van der Waals surface area contributed by atoms with Crippen LogP contribution in [-0.2, 0) is 16.6 Å². The van der Waals surface area contributed by atoms with Gasteiger partial charge in [-0.3, -0.25) is 10.1 Å². The van der Waals surface area contributed by atoms with E-state index in [1.54, 1.807) is 24.3 Å². The lowest BCUT2D eigenvalue weighted by Crippen LogP contribution is -2.26. The van der Waals surface area contributed by atoms with Crippen molar-refractivity contribution in [1.29, 1.82) is 0 Å². The quantitative estimate of drug-likeness (QED) is 0.423. The SMILES string of the molecule is COc1cccc(-c2noc(CN(C)S(=O)(=O)c3ccc(C)c([N+](=O)[O-])c3)n2)c1. The van der Waals surface area contributed by atoms with Crippen molar-refractivity contribution in [2.75, 3.05) is 14.2 Å². The van der Waals surface area contributed by atoms with E-state index in [0.717, 1.165) is 10.4 Å². The van der Waals surface area contributed by atoms with Crippen LogP contribution in [0.4, 0.5) is 5.69 Å². The van der Waals surface area contributed by atoms with Crippen molar-refractivity contribution in [3.05, 3.63) is 64.0 Å². The summed E-state index contributed by atoms with van der Waals surface area (Å²) in [6.07, 6.45) is 0. The van der Waals surface area contributed by atoms with E-state index in [-0.39, 0.29) is 28.8 Å². The first-order valence-electron chi connectivity index (χ1n) is 8.41. The summed E-state index contributed by atoms with van der Waals surface area (Å²) >= 11 is 0. The summed E-state index contributed by atoms with van der Waals surface area (Å²) in [7, 11) is -1.13. The summed E-state index contributed by atoms with van der Waals surface area (Å²) in [6, 6.07) is 10.8. The van der Waals surface area contributed by atoms with Crippen molar-refractivity contribution in [3.8, 4) is 17.1 Å². The van der Waals surface area contributed by atoms with E-state index in [2.05, 4.69) is 10.1 Å². The van der Waals surface area contributed by atoms with Gasteiger partial charge in [0.1, 0.15) is 5.75 Å². The zero-order valence-corrected chi connectivity index (χ0v) is 16.7. The van der Waals surface area contributed by atoms with Gasteiger partial charge in [0.15, 0.2) is 0 Å². The van der Waals surface area contributed by atoms with E-state index in [1.165, 1.54) is 33.2 Å². The molecule has 0 saturated heterocycles. The molecule has 3 rings (SSSR count). The molecule has 0 spiro atoms. The molecule has 0 amide bonds. The Morgan fingerprint density at radius 3 is 2.69 bits per heavy atom. The molecule has 11 heteroatoms. The van der Waals surface area contributed by atoms with E-state index in [1.807, 2.05) is 0 Å². The average molecular weight is 418 g/mol. The number of nitrogens with zero attached hydrogens (tertiary/aromatic N) is 4. The highest BCUT2D eigenvalue weighted by molar-refractivity contribution is 7.89. The molecule has 0 saturated carbocycles. The molecule has 29 heavy (non-hydrogen) atoms. The fourth-order valence-electron chi connectivity index (χ4n) is 2.60. The third kappa shape index (κ3) is 4.25. The maximum absolute atomic E-state index is 12.8. The van der Waals surface area contributed by atoms with Gasteiger partial charge in [0, 0.05) is 24.2 Å². The lowest BCUT2D eigenvalue weighted by Gasteiger charge is -2.15. The summed E-state index contributed by atoms with van der Waals surface area (Å²) < 4.78 is 36.9. The maximum Gasteiger partial charge on any atom is 0.273 e. The van der Waals surface area contributed by atoms with Gasteiger partial charge in [-0.1, -0.05) is 23.4 Å². The summed E-state index contributed by atoms with van der Waals surface area (Å²) in [5.41, 5.74) is 0.757. The molecule has 1 heterocycles. The number of methoxy groups -OCH3 is 1. The Morgan fingerprint density at radius 2 is 2.00 bits per heavy atom. The second kappa shape index (κ2) is 7.97. The standard InChI is InChI=1S/C18H18N4O6S/c1-12-7-8-15(10-16(12)22(23)24)29(25,26)21(2)11-17-19-18(20-28-17)13-5-4-6-14(9-13)27-3/h4-10H,11H2,1-3H3. The Bertz CT molecular complexity index is 1160. The summed E-state index contributed by atoms with van der Waals surface area (Å²) in [4.78, 5) is 14.5. The molecular weight excluding hydrogens is 400 g/mol. The minimum atomic E-state index is -3.99. The Labute approximate surface area is 166 Å². The molecule has 0 aliphatic heterocycles. The first-order chi connectivity index (χ1) is 13.7. The normalized spacial score (nSPS) is 11.6. The van der Waals surface area contributed by atoms with Gasteiger partial charge in [0.2, 0.25) is 21.7 Å². The number of nitro benzene ring substituents is 1. The number of sulfonamides is 1. The minimum Gasteiger partial charge on any atom is -0.497 e. The summed E-state index contributed by atoms with van der Waals surface area (Å²) in [6.45, 7) is 1.35. The maximum atomic E-state index is 12.8. The molecular formula is C18H18N4O6S. The Hall–Kier alpha value is -3.31. The minimum absolute atomic E-state index is 0.0792. The van der Waals surface area contributed by atoms with Crippen molar-refractivity contribution < 1.29 is 22.6 Å². The first-order valence-corrected chi connectivity index (χ1v) is 9.85. The number of ether oxygens (including phenoxy) is 1. The van der Waals surface area contributed by atoms with Crippen LogP contribution in [0.3, 0.4) is 0 Å². The van der Waals surface area contributed by atoms with Crippen molar-refractivity contribution in [2.45, 2.75) is 18.4 Å². The van der Waals surface area contributed by atoms with E-state index < -0.39 is 14.9 Å². The molecule has 0 aliphatic rings. The first kappa shape index (κ1) is 20.4. The van der Waals surface area contributed by atoms with Gasteiger partial charge in [0.05, 0.1) is 23.5 Å². The highest BCUT2D eigenvalue weighted by atomic mass is 32.2. The van der Waals surface area contributed by atoms with Gasteiger partial charge in [0.25, 0.3) is 5.69 Å². The Kier molecular flexibility index (Phi) is 5.62. The predicted molar refractivity (Wildman–Crippen MR) is 103 cm³/mol. The third-order valence-electron chi connectivity index (χ3n) is 4.24. The highest BCUT2D eigenvalue weighted by Crippen LogP contribution is 2.25. The zero-order valence-electron chi connectivity index (χ0n) is 15.9. The largest absolute Gasteiger partial charge is 0.497 e. The molecule has 2 aromatic carbocycles. The number of hydrogen-bond donors (Lipinski definition) is 0. The molecule has 3 aromatic rings. The predicted octanol–water partition coefficient (Wildman–Crippen LogP) is 2.78. The van der Waals surface area contributed by atoms with E-state index in [4.69, 9.17) is 9.26 Å². The van der Waals surface area contributed by atoms with Crippen LogP contribution >= 0.6 is 0 Å². The molecule has 0 atom stereocenters. The number of nitro groups is 1. The van der Waals surface area contributed by atoms with E-state index in [9.17, 15) is 18.5 Å². The number of aromatic nitrogens is 2. The second-order valence-corrected chi connectivity index (χ2v) is 8.26. The Morgan fingerprint density at radius 1 is 1.24 bits per heavy atom. The third-order valence-corrected chi connectivity index (χ3v) is 6.04. The van der Waals surface area contributed by atoms with Crippen LogP contribution in [0, 0.1) is 17.0 Å². The lowest BCUT2D eigenvalue weighted by molar-refractivity contribution is -0.385. The van der Waals surface area contributed by atoms with Crippen molar-refractivity contribution >= 4 is 15.7 Å². The molecule has 0 fully saturated rings. The van der Waals surface area contributed by atoms with Crippen molar-refractivity contribution in [1.82, 2.24) is 14.4 Å². The van der Waals surface area contributed by atoms with Crippen LogP contribution in [-0.4, -0.2) is 41.9 Å². The molecule has 0 radical (unpaired) electrons.